The summed E-state index contributed by atoms with van der Waals surface area (Å²) >= 11 is 0. The predicted octanol–water partition coefficient (Wildman–Crippen LogP) is 1.91. The van der Waals surface area contributed by atoms with E-state index < -0.39 is 41.6 Å². The van der Waals surface area contributed by atoms with Crippen LogP contribution in [-0.2, 0) is 14.2 Å². The summed E-state index contributed by atoms with van der Waals surface area (Å²) < 4.78 is 18.1. The van der Waals surface area contributed by atoms with Gasteiger partial charge >= 0.3 is 17.6 Å². The summed E-state index contributed by atoms with van der Waals surface area (Å²) in [6.07, 6.45) is -0.958. The van der Waals surface area contributed by atoms with Crippen molar-refractivity contribution in [2.24, 2.45) is 0 Å². The Morgan fingerprint density at radius 1 is 0.938 bits per heavy atom. The number of nitrogens with zero attached hydrogens (tertiary/aromatic N) is 1. The molecule has 1 N–H and O–H groups in total. The zero-order valence-electron chi connectivity index (χ0n) is 16.9. The molecule has 1 unspecified atom stereocenters. The normalized spacial score (nSPS) is 19.9. The molecule has 164 valence electrons. The zero-order valence-corrected chi connectivity index (χ0v) is 16.9. The van der Waals surface area contributed by atoms with Crippen molar-refractivity contribution < 1.29 is 23.8 Å². The van der Waals surface area contributed by atoms with Gasteiger partial charge < -0.3 is 14.2 Å². The van der Waals surface area contributed by atoms with Gasteiger partial charge in [-0.3, -0.25) is 14.3 Å². The highest BCUT2D eigenvalue weighted by molar-refractivity contribution is 5.90. The quantitative estimate of drug-likeness (QED) is 0.587. The van der Waals surface area contributed by atoms with Crippen molar-refractivity contribution in [2.75, 3.05) is 6.61 Å². The fourth-order valence-electron chi connectivity index (χ4n) is 3.39. The molecule has 4 rings (SSSR count). The number of ether oxygens (including phenoxy) is 3. The number of aromatic amines is 1. The Morgan fingerprint density at radius 2 is 1.56 bits per heavy atom. The number of H-pyrrole nitrogens is 1. The molecule has 0 saturated carbocycles. The monoisotopic (exact) mass is 436 g/mol. The van der Waals surface area contributed by atoms with E-state index in [1.165, 1.54) is 16.8 Å². The molecule has 9 nitrogen and oxygen atoms in total. The van der Waals surface area contributed by atoms with Crippen LogP contribution in [-0.4, -0.2) is 40.3 Å². The molecule has 9 heteroatoms. The molecule has 0 radical (unpaired) electrons. The Kier molecular flexibility index (Phi) is 6.27. The molecule has 2 heterocycles. The van der Waals surface area contributed by atoms with E-state index in [0.717, 1.165) is 0 Å². The van der Waals surface area contributed by atoms with Crippen LogP contribution < -0.4 is 11.2 Å². The Labute approximate surface area is 182 Å². The second-order valence-corrected chi connectivity index (χ2v) is 7.16. The summed E-state index contributed by atoms with van der Waals surface area (Å²) in [5, 5.41) is 0. The van der Waals surface area contributed by atoms with Crippen molar-refractivity contribution in [3.05, 3.63) is 105 Å². The molecular weight excluding hydrogens is 416 g/mol. The van der Waals surface area contributed by atoms with Gasteiger partial charge in [-0.2, -0.15) is 0 Å². The highest BCUT2D eigenvalue weighted by Crippen LogP contribution is 2.30. The molecule has 3 atom stereocenters. The van der Waals surface area contributed by atoms with E-state index in [1.807, 2.05) is 0 Å². The number of carbonyl (C=O) groups excluding carboxylic acids is 2. The van der Waals surface area contributed by atoms with Crippen LogP contribution in [0.3, 0.4) is 0 Å². The maximum Gasteiger partial charge on any atom is 0.338 e. The molecule has 1 saturated heterocycles. The zero-order chi connectivity index (χ0) is 22.5. The summed E-state index contributed by atoms with van der Waals surface area (Å²) in [4.78, 5) is 50.6. The van der Waals surface area contributed by atoms with Crippen LogP contribution in [0.1, 0.15) is 33.4 Å². The maximum atomic E-state index is 12.6. The van der Waals surface area contributed by atoms with Crippen molar-refractivity contribution in [2.45, 2.75) is 24.9 Å². The van der Waals surface area contributed by atoms with Crippen LogP contribution in [0.2, 0.25) is 0 Å². The standard InChI is InChI=1S/C23H20N2O7/c26-19-11-12-25(23(29)24-19)20-13-17(32-22(28)16-9-5-2-6-10-16)18(31-20)14-30-21(27)15-7-3-1-4-8-15/h1-12,17-18,20H,13-14H2,(H,24,26,29)/t17-,18+,20?/m1/s1. The van der Waals surface area contributed by atoms with E-state index in [1.54, 1.807) is 60.7 Å². The molecule has 32 heavy (non-hydrogen) atoms. The van der Waals surface area contributed by atoms with Crippen molar-refractivity contribution in [3.63, 3.8) is 0 Å². The van der Waals surface area contributed by atoms with E-state index in [4.69, 9.17) is 14.2 Å². The van der Waals surface area contributed by atoms with Gasteiger partial charge in [0.05, 0.1) is 11.1 Å². The van der Waals surface area contributed by atoms with Gasteiger partial charge in [-0.1, -0.05) is 36.4 Å². The van der Waals surface area contributed by atoms with Gasteiger partial charge in [0.2, 0.25) is 0 Å². The number of hydrogen-bond donors (Lipinski definition) is 1. The maximum absolute atomic E-state index is 12.6. The lowest BCUT2D eigenvalue weighted by molar-refractivity contribution is -0.0582. The van der Waals surface area contributed by atoms with Gasteiger partial charge in [0, 0.05) is 18.7 Å². The summed E-state index contributed by atoms with van der Waals surface area (Å²) in [6, 6.07) is 18.1. The number of nitrogens with one attached hydrogen (secondary N) is 1. The molecule has 1 aliphatic rings. The molecule has 2 aromatic carbocycles. The van der Waals surface area contributed by atoms with E-state index in [-0.39, 0.29) is 13.0 Å². The number of esters is 2. The first kappa shape index (κ1) is 21.3. The summed E-state index contributed by atoms with van der Waals surface area (Å²) in [7, 11) is 0. The first-order valence-electron chi connectivity index (χ1n) is 9.96. The van der Waals surface area contributed by atoms with Gasteiger partial charge in [0.1, 0.15) is 25.0 Å². The third-order valence-electron chi connectivity index (χ3n) is 5.00. The topological polar surface area (TPSA) is 117 Å². The minimum absolute atomic E-state index is 0.137. The SMILES string of the molecule is O=C(OC[C@@H]1OC(n2ccc(=O)[nH]c2=O)C[C@H]1OC(=O)c1ccccc1)c1ccccc1. The minimum Gasteiger partial charge on any atom is -0.459 e. The second kappa shape index (κ2) is 9.44. The predicted molar refractivity (Wildman–Crippen MR) is 112 cm³/mol. The smallest absolute Gasteiger partial charge is 0.338 e. The molecule has 1 fully saturated rings. The van der Waals surface area contributed by atoms with Gasteiger partial charge in [-0.25, -0.2) is 14.4 Å². The van der Waals surface area contributed by atoms with E-state index in [0.29, 0.717) is 11.1 Å². The van der Waals surface area contributed by atoms with Crippen molar-refractivity contribution >= 4 is 11.9 Å². The van der Waals surface area contributed by atoms with E-state index in [2.05, 4.69) is 4.98 Å². The van der Waals surface area contributed by atoms with Crippen LogP contribution >= 0.6 is 0 Å². The largest absolute Gasteiger partial charge is 0.459 e. The number of benzene rings is 2. The van der Waals surface area contributed by atoms with Crippen LogP contribution in [0.15, 0.2) is 82.5 Å². The average Bonchev–Trinajstić information content (AvgIpc) is 3.20. The third kappa shape index (κ3) is 4.84. The average molecular weight is 436 g/mol. The van der Waals surface area contributed by atoms with E-state index in [9.17, 15) is 19.2 Å². The number of hydrogen-bond acceptors (Lipinski definition) is 7. The number of rotatable bonds is 6. The molecular formula is C23H20N2O7. The van der Waals surface area contributed by atoms with Gasteiger partial charge in [-0.05, 0) is 24.3 Å². The summed E-state index contributed by atoms with van der Waals surface area (Å²) in [5.74, 6) is -1.11. The van der Waals surface area contributed by atoms with Gasteiger partial charge in [0.15, 0.2) is 0 Å². The van der Waals surface area contributed by atoms with Gasteiger partial charge in [-0.15, -0.1) is 0 Å². The Balaban J connectivity index is 1.51. The van der Waals surface area contributed by atoms with Crippen LogP contribution in [0.25, 0.3) is 0 Å². The van der Waals surface area contributed by atoms with Crippen molar-refractivity contribution in [1.29, 1.82) is 0 Å². The molecule has 3 aromatic rings. The molecule has 0 spiro atoms. The van der Waals surface area contributed by atoms with Crippen LogP contribution in [0.4, 0.5) is 0 Å². The Hall–Kier alpha value is -3.98. The lowest BCUT2D eigenvalue weighted by atomic mass is 10.1. The van der Waals surface area contributed by atoms with Crippen LogP contribution in [0.5, 0.6) is 0 Å². The summed E-state index contributed by atoms with van der Waals surface area (Å²) in [6.45, 7) is -0.185. The van der Waals surface area contributed by atoms with Gasteiger partial charge in [0.25, 0.3) is 5.56 Å². The van der Waals surface area contributed by atoms with Crippen LogP contribution in [0, 0.1) is 0 Å². The molecule has 0 amide bonds. The molecule has 1 aliphatic heterocycles. The van der Waals surface area contributed by atoms with Crippen molar-refractivity contribution in [1.82, 2.24) is 9.55 Å². The van der Waals surface area contributed by atoms with E-state index >= 15 is 0 Å². The highest BCUT2D eigenvalue weighted by atomic mass is 16.6. The lowest BCUT2D eigenvalue weighted by Crippen LogP contribution is -2.32. The molecule has 0 bridgehead atoms. The Bertz CT molecular complexity index is 1200. The highest BCUT2D eigenvalue weighted by Gasteiger charge is 2.40. The minimum atomic E-state index is -0.812. The third-order valence-corrected chi connectivity index (χ3v) is 5.00. The second-order valence-electron chi connectivity index (χ2n) is 7.16. The molecule has 0 aliphatic carbocycles. The number of carbonyl (C=O) groups is 2. The number of aromatic nitrogens is 2. The first-order chi connectivity index (χ1) is 15.5. The summed E-state index contributed by atoms with van der Waals surface area (Å²) in [5.41, 5.74) is -0.462. The first-order valence-corrected chi connectivity index (χ1v) is 9.96. The fourth-order valence-corrected chi connectivity index (χ4v) is 3.39. The Morgan fingerprint density at radius 3 is 2.19 bits per heavy atom. The molecule has 1 aromatic heterocycles. The van der Waals surface area contributed by atoms with Crippen molar-refractivity contribution in [3.8, 4) is 0 Å². The fraction of sp³-hybridized carbons (Fsp3) is 0.217. The lowest BCUT2D eigenvalue weighted by Gasteiger charge is -2.19.